The zero-order chi connectivity index (χ0) is 20.0. The Hall–Kier alpha value is -3.59. The van der Waals surface area contributed by atoms with Crippen LogP contribution >= 0.6 is 0 Å². The van der Waals surface area contributed by atoms with Crippen LogP contribution in [0.2, 0.25) is 0 Å². The molecule has 0 spiro atoms. The zero-order valence-corrected chi connectivity index (χ0v) is 15.5. The highest BCUT2D eigenvalue weighted by Crippen LogP contribution is 2.28. The number of anilines is 1. The van der Waals surface area contributed by atoms with Gasteiger partial charge in [0.1, 0.15) is 17.2 Å². The van der Waals surface area contributed by atoms with E-state index in [1.807, 2.05) is 12.1 Å². The fraction of sp³-hybridized carbons (Fsp3) is 0.200. The molecule has 146 valence electrons. The smallest absolute Gasteiger partial charge is 0.274 e. The van der Waals surface area contributed by atoms with E-state index in [1.165, 1.54) is 12.3 Å². The molecule has 8 nitrogen and oxygen atoms in total. The van der Waals surface area contributed by atoms with Crippen molar-refractivity contribution >= 4 is 17.2 Å². The van der Waals surface area contributed by atoms with E-state index in [0.29, 0.717) is 34.0 Å². The van der Waals surface area contributed by atoms with Crippen LogP contribution in [0.5, 0.6) is 0 Å². The van der Waals surface area contributed by atoms with Gasteiger partial charge in [-0.1, -0.05) is 11.2 Å². The summed E-state index contributed by atoms with van der Waals surface area (Å²) in [7, 11) is 0. The van der Waals surface area contributed by atoms with Gasteiger partial charge in [0.05, 0.1) is 12.1 Å². The number of imidazole rings is 1. The number of fused-ring (bicyclic) bond motifs is 1. The summed E-state index contributed by atoms with van der Waals surface area (Å²) in [6.07, 6.45) is 3.23. The Morgan fingerprint density at radius 3 is 3.00 bits per heavy atom. The first kappa shape index (κ1) is 17.5. The Bertz CT molecular complexity index is 1230. The van der Waals surface area contributed by atoms with Crippen LogP contribution in [0.1, 0.15) is 27.9 Å². The van der Waals surface area contributed by atoms with E-state index in [2.05, 4.69) is 25.8 Å². The predicted molar refractivity (Wildman–Crippen MR) is 103 cm³/mol. The van der Waals surface area contributed by atoms with Crippen molar-refractivity contribution in [3.8, 4) is 11.4 Å². The Labute approximate surface area is 164 Å². The topological polar surface area (TPSA) is 97.4 Å². The number of nitrogens with zero attached hydrogens (tertiary/aromatic N) is 4. The molecule has 5 rings (SSSR count). The minimum absolute atomic E-state index is 0.181. The number of benzene rings is 1. The molecule has 1 aromatic carbocycles. The van der Waals surface area contributed by atoms with E-state index in [1.54, 1.807) is 29.7 Å². The molecule has 1 saturated heterocycles. The number of nitrogens with one attached hydrogen (secondary N) is 2. The van der Waals surface area contributed by atoms with Gasteiger partial charge in [-0.3, -0.25) is 9.20 Å². The molecule has 29 heavy (non-hydrogen) atoms. The highest BCUT2D eigenvalue weighted by Gasteiger charge is 2.26. The Morgan fingerprint density at radius 1 is 1.34 bits per heavy atom. The number of rotatable bonds is 4. The lowest BCUT2D eigenvalue weighted by Crippen LogP contribution is -2.40. The molecule has 0 unspecified atom stereocenters. The van der Waals surface area contributed by atoms with Gasteiger partial charge in [-0.25, -0.2) is 9.37 Å². The Balaban J connectivity index is 1.46. The van der Waals surface area contributed by atoms with Crippen LogP contribution in [0.4, 0.5) is 10.1 Å². The molecule has 1 amide bonds. The second-order valence-corrected chi connectivity index (χ2v) is 6.97. The van der Waals surface area contributed by atoms with Gasteiger partial charge in [0.2, 0.25) is 11.7 Å². The molecular weight excluding hydrogens is 375 g/mol. The standard InChI is InChI=1S/C20H17FN6O2/c1-11-14(21)6-12(18-25-20(29-26-18)13-8-22-9-13)7-15(11)24-19(28)16-10-23-17-4-2-3-5-27(16)17/h2-7,10,13,22H,8-9H2,1H3,(H,24,28). The second-order valence-electron chi connectivity index (χ2n) is 6.97. The maximum atomic E-state index is 14.5. The third kappa shape index (κ3) is 3.05. The van der Waals surface area contributed by atoms with Crippen LogP contribution in [0, 0.1) is 12.7 Å². The van der Waals surface area contributed by atoms with Gasteiger partial charge >= 0.3 is 0 Å². The molecule has 0 saturated carbocycles. The van der Waals surface area contributed by atoms with Crippen molar-refractivity contribution in [1.82, 2.24) is 24.8 Å². The van der Waals surface area contributed by atoms with Gasteiger partial charge in [0.25, 0.3) is 5.91 Å². The van der Waals surface area contributed by atoms with Crippen molar-refractivity contribution < 1.29 is 13.7 Å². The van der Waals surface area contributed by atoms with Gasteiger partial charge in [-0.05, 0) is 31.2 Å². The van der Waals surface area contributed by atoms with Crippen molar-refractivity contribution in [2.24, 2.45) is 0 Å². The molecule has 0 aliphatic carbocycles. The van der Waals surface area contributed by atoms with Crippen molar-refractivity contribution in [2.75, 3.05) is 18.4 Å². The Morgan fingerprint density at radius 2 is 2.21 bits per heavy atom. The summed E-state index contributed by atoms with van der Waals surface area (Å²) >= 11 is 0. The molecule has 4 heterocycles. The number of pyridine rings is 1. The molecule has 1 fully saturated rings. The van der Waals surface area contributed by atoms with E-state index < -0.39 is 11.7 Å². The van der Waals surface area contributed by atoms with Crippen LogP contribution in [-0.2, 0) is 0 Å². The number of amides is 1. The monoisotopic (exact) mass is 392 g/mol. The molecule has 2 N–H and O–H groups in total. The SMILES string of the molecule is Cc1c(F)cc(-c2noc(C3CNC3)n2)cc1NC(=O)c1cnc2ccccn12. The second kappa shape index (κ2) is 6.78. The highest BCUT2D eigenvalue weighted by molar-refractivity contribution is 6.04. The number of hydrogen-bond donors (Lipinski definition) is 2. The average Bonchev–Trinajstić information content (AvgIpc) is 3.31. The summed E-state index contributed by atoms with van der Waals surface area (Å²) in [5.41, 5.74) is 2.10. The highest BCUT2D eigenvalue weighted by atomic mass is 19.1. The summed E-state index contributed by atoms with van der Waals surface area (Å²) in [5.74, 6) is 0.137. The lowest BCUT2D eigenvalue weighted by molar-refractivity contribution is 0.102. The normalized spacial score (nSPS) is 14.1. The number of hydrogen-bond acceptors (Lipinski definition) is 6. The number of carbonyl (C=O) groups excluding carboxylic acids is 1. The summed E-state index contributed by atoms with van der Waals surface area (Å²) < 4.78 is 21.5. The van der Waals surface area contributed by atoms with E-state index in [0.717, 1.165) is 13.1 Å². The maximum absolute atomic E-state index is 14.5. The average molecular weight is 392 g/mol. The predicted octanol–water partition coefficient (Wildman–Crippen LogP) is 2.77. The van der Waals surface area contributed by atoms with Crippen molar-refractivity contribution in [3.63, 3.8) is 0 Å². The lowest BCUT2D eigenvalue weighted by atomic mass is 10.0. The largest absolute Gasteiger partial charge is 0.339 e. The summed E-state index contributed by atoms with van der Waals surface area (Å²) in [5, 5.41) is 9.88. The molecule has 9 heteroatoms. The quantitative estimate of drug-likeness (QED) is 0.554. The van der Waals surface area contributed by atoms with E-state index in [9.17, 15) is 9.18 Å². The summed E-state index contributed by atoms with van der Waals surface area (Å²) in [6, 6.07) is 8.43. The number of aromatic nitrogens is 4. The van der Waals surface area contributed by atoms with Crippen LogP contribution < -0.4 is 10.6 Å². The van der Waals surface area contributed by atoms with Crippen LogP contribution in [0.25, 0.3) is 17.0 Å². The van der Waals surface area contributed by atoms with Crippen molar-refractivity contribution in [1.29, 1.82) is 0 Å². The molecule has 1 aliphatic heterocycles. The molecule has 1 aliphatic rings. The first-order valence-corrected chi connectivity index (χ1v) is 9.18. The van der Waals surface area contributed by atoms with Gasteiger partial charge in [0, 0.05) is 36.1 Å². The molecular formula is C20H17FN6O2. The van der Waals surface area contributed by atoms with Crippen LogP contribution in [-0.4, -0.2) is 38.5 Å². The van der Waals surface area contributed by atoms with E-state index in [-0.39, 0.29) is 11.7 Å². The van der Waals surface area contributed by atoms with Crippen LogP contribution in [0.15, 0.2) is 47.2 Å². The minimum atomic E-state index is -0.465. The first-order chi connectivity index (χ1) is 14.1. The van der Waals surface area contributed by atoms with Gasteiger partial charge in [0.15, 0.2) is 0 Å². The van der Waals surface area contributed by atoms with Gasteiger partial charge in [-0.15, -0.1) is 0 Å². The maximum Gasteiger partial charge on any atom is 0.274 e. The lowest BCUT2D eigenvalue weighted by Gasteiger charge is -2.22. The van der Waals surface area contributed by atoms with Crippen molar-refractivity contribution in [2.45, 2.75) is 12.8 Å². The van der Waals surface area contributed by atoms with Gasteiger partial charge < -0.3 is 15.2 Å². The van der Waals surface area contributed by atoms with E-state index >= 15 is 0 Å². The number of halogens is 1. The summed E-state index contributed by atoms with van der Waals surface area (Å²) in [4.78, 5) is 21.4. The Kier molecular flexibility index (Phi) is 4.09. The third-order valence-electron chi connectivity index (χ3n) is 5.07. The van der Waals surface area contributed by atoms with E-state index in [4.69, 9.17) is 4.52 Å². The molecule has 0 bridgehead atoms. The molecule has 4 aromatic rings. The fourth-order valence-electron chi connectivity index (χ4n) is 3.21. The third-order valence-corrected chi connectivity index (χ3v) is 5.07. The van der Waals surface area contributed by atoms with Crippen LogP contribution in [0.3, 0.4) is 0 Å². The first-order valence-electron chi connectivity index (χ1n) is 9.18. The van der Waals surface area contributed by atoms with Crippen molar-refractivity contribution in [3.05, 3.63) is 65.7 Å². The fourth-order valence-corrected chi connectivity index (χ4v) is 3.21. The summed E-state index contributed by atoms with van der Waals surface area (Å²) in [6.45, 7) is 3.17. The van der Waals surface area contributed by atoms with Gasteiger partial charge in [-0.2, -0.15) is 4.98 Å². The molecule has 0 radical (unpaired) electrons. The molecule has 0 atom stereocenters. The molecule has 3 aromatic heterocycles. The zero-order valence-electron chi connectivity index (χ0n) is 15.5. The number of carbonyl (C=O) groups is 1. The minimum Gasteiger partial charge on any atom is -0.339 e.